The van der Waals surface area contributed by atoms with Gasteiger partial charge in [0.05, 0.1) is 11.5 Å². The second kappa shape index (κ2) is 6.47. The van der Waals surface area contributed by atoms with Gasteiger partial charge in [-0.2, -0.15) is 0 Å². The van der Waals surface area contributed by atoms with Gasteiger partial charge in [-0.3, -0.25) is 0 Å². The van der Waals surface area contributed by atoms with E-state index < -0.39 is 10.0 Å². The summed E-state index contributed by atoms with van der Waals surface area (Å²) < 4.78 is 25.0. The zero-order chi connectivity index (χ0) is 14.6. The van der Waals surface area contributed by atoms with Gasteiger partial charge in [0.2, 0.25) is 10.0 Å². The van der Waals surface area contributed by atoms with Gasteiger partial charge >= 0.3 is 0 Å². The molecule has 1 rings (SSSR count). The summed E-state index contributed by atoms with van der Waals surface area (Å²) in [6.45, 7) is 3.93. The van der Waals surface area contributed by atoms with E-state index in [0.717, 1.165) is 5.56 Å². The van der Waals surface area contributed by atoms with E-state index in [0.29, 0.717) is 0 Å². The van der Waals surface area contributed by atoms with Gasteiger partial charge in [0.25, 0.3) is 0 Å². The standard InChI is InChI=1S/C13H22N2O3S/c1-10(9-16)14-11(2)12-5-7-13(8-6-12)19(17,18)15(3)4/h5-8,10-11,14,16H,9H2,1-4H3. The molecule has 0 aliphatic rings. The highest BCUT2D eigenvalue weighted by atomic mass is 32.2. The van der Waals surface area contributed by atoms with Gasteiger partial charge in [0.1, 0.15) is 0 Å². The molecule has 0 aliphatic heterocycles. The third-order valence-electron chi connectivity index (χ3n) is 2.97. The van der Waals surface area contributed by atoms with E-state index >= 15 is 0 Å². The fraction of sp³-hybridized carbons (Fsp3) is 0.538. The quantitative estimate of drug-likeness (QED) is 0.817. The number of aliphatic hydroxyl groups excluding tert-OH is 1. The van der Waals surface area contributed by atoms with Crippen LogP contribution < -0.4 is 5.32 Å². The van der Waals surface area contributed by atoms with Gasteiger partial charge in [-0.05, 0) is 31.5 Å². The second-order valence-corrected chi connectivity index (χ2v) is 6.98. The molecule has 0 saturated carbocycles. The Morgan fingerprint density at radius 2 is 1.74 bits per heavy atom. The molecule has 108 valence electrons. The number of benzene rings is 1. The van der Waals surface area contributed by atoms with Crippen LogP contribution in [0.15, 0.2) is 29.2 Å². The largest absolute Gasteiger partial charge is 0.395 e. The highest BCUT2D eigenvalue weighted by Crippen LogP contribution is 2.18. The summed E-state index contributed by atoms with van der Waals surface area (Å²) in [4.78, 5) is 0.281. The Kier molecular flexibility index (Phi) is 5.49. The van der Waals surface area contributed by atoms with E-state index in [1.54, 1.807) is 24.3 Å². The first-order valence-electron chi connectivity index (χ1n) is 6.18. The Bertz CT molecular complexity index is 497. The van der Waals surface area contributed by atoms with Gasteiger partial charge in [-0.1, -0.05) is 12.1 Å². The average Bonchev–Trinajstić information content (AvgIpc) is 2.38. The number of nitrogens with one attached hydrogen (secondary N) is 1. The highest BCUT2D eigenvalue weighted by Gasteiger charge is 2.17. The summed E-state index contributed by atoms with van der Waals surface area (Å²) >= 11 is 0. The molecule has 5 nitrogen and oxygen atoms in total. The average molecular weight is 286 g/mol. The number of nitrogens with zero attached hydrogens (tertiary/aromatic N) is 1. The predicted octanol–water partition coefficient (Wildman–Crippen LogP) is 0.968. The third-order valence-corrected chi connectivity index (χ3v) is 4.80. The van der Waals surface area contributed by atoms with Crippen molar-refractivity contribution in [2.24, 2.45) is 0 Å². The van der Waals surface area contributed by atoms with Gasteiger partial charge in [0, 0.05) is 26.2 Å². The molecule has 2 atom stereocenters. The van der Waals surface area contributed by atoms with Crippen LogP contribution in [0.4, 0.5) is 0 Å². The van der Waals surface area contributed by atoms with E-state index in [-0.39, 0.29) is 23.6 Å². The minimum Gasteiger partial charge on any atom is -0.395 e. The Morgan fingerprint density at radius 1 is 1.21 bits per heavy atom. The monoisotopic (exact) mass is 286 g/mol. The van der Waals surface area contributed by atoms with E-state index in [1.165, 1.54) is 18.4 Å². The molecule has 1 aromatic carbocycles. The molecule has 0 amide bonds. The van der Waals surface area contributed by atoms with Crippen LogP contribution in [0.25, 0.3) is 0 Å². The predicted molar refractivity (Wildman–Crippen MR) is 75.4 cm³/mol. The van der Waals surface area contributed by atoms with Crippen LogP contribution in [0.3, 0.4) is 0 Å². The van der Waals surface area contributed by atoms with E-state index in [9.17, 15) is 8.42 Å². The summed E-state index contributed by atoms with van der Waals surface area (Å²) in [6.07, 6.45) is 0. The second-order valence-electron chi connectivity index (χ2n) is 4.83. The Labute approximate surface area is 115 Å². The molecule has 0 heterocycles. The third kappa shape index (κ3) is 4.01. The lowest BCUT2D eigenvalue weighted by atomic mass is 10.1. The van der Waals surface area contributed by atoms with E-state index in [2.05, 4.69) is 5.32 Å². The number of sulfonamides is 1. The molecule has 0 radical (unpaired) electrons. The molecule has 0 aromatic heterocycles. The van der Waals surface area contributed by atoms with Gasteiger partial charge in [-0.15, -0.1) is 0 Å². The smallest absolute Gasteiger partial charge is 0.242 e. The summed E-state index contributed by atoms with van der Waals surface area (Å²) in [7, 11) is -0.354. The molecule has 0 bridgehead atoms. The van der Waals surface area contributed by atoms with Gasteiger partial charge < -0.3 is 10.4 Å². The molecule has 6 heteroatoms. The molecular formula is C13H22N2O3S. The SMILES string of the molecule is CC(CO)NC(C)c1ccc(S(=O)(=O)N(C)C)cc1. The van der Waals surface area contributed by atoms with E-state index in [1.807, 2.05) is 13.8 Å². The van der Waals surface area contributed by atoms with Crippen LogP contribution in [0.5, 0.6) is 0 Å². The van der Waals surface area contributed by atoms with Crippen LogP contribution in [-0.4, -0.2) is 44.6 Å². The van der Waals surface area contributed by atoms with Crippen molar-refractivity contribution in [3.05, 3.63) is 29.8 Å². The fourth-order valence-electron chi connectivity index (χ4n) is 1.71. The van der Waals surface area contributed by atoms with Crippen molar-refractivity contribution in [2.75, 3.05) is 20.7 Å². The summed E-state index contributed by atoms with van der Waals surface area (Å²) in [5.74, 6) is 0. The minimum atomic E-state index is -3.37. The zero-order valence-corrected chi connectivity index (χ0v) is 12.6. The van der Waals surface area contributed by atoms with Crippen molar-refractivity contribution >= 4 is 10.0 Å². The fourth-order valence-corrected chi connectivity index (χ4v) is 2.62. The van der Waals surface area contributed by atoms with Crippen molar-refractivity contribution in [1.82, 2.24) is 9.62 Å². The normalized spacial score (nSPS) is 15.5. The van der Waals surface area contributed by atoms with Crippen molar-refractivity contribution in [1.29, 1.82) is 0 Å². The molecule has 2 N–H and O–H groups in total. The maximum Gasteiger partial charge on any atom is 0.242 e. The molecule has 1 aromatic rings. The molecule has 0 aliphatic carbocycles. The van der Waals surface area contributed by atoms with Crippen LogP contribution in [-0.2, 0) is 10.0 Å². The van der Waals surface area contributed by atoms with Crippen molar-refractivity contribution < 1.29 is 13.5 Å². The molecule has 0 saturated heterocycles. The van der Waals surface area contributed by atoms with Crippen molar-refractivity contribution in [3.63, 3.8) is 0 Å². The Hall–Kier alpha value is -0.950. The number of hydrogen-bond acceptors (Lipinski definition) is 4. The zero-order valence-electron chi connectivity index (χ0n) is 11.8. The maximum absolute atomic E-state index is 11.9. The first-order valence-corrected chi connectivity index (χ1v) is 7.62. The lowest BCUT2D eigenvalue weighted by Gasteiger charge is -2.19. The summed E-state index contributed by atoms with van der Waals surface area (Å²) in [6, 6.07) is 6.84. The maximum atomic E-state index is 11.9. The molecule has 2 unspecified atom stereocenters. The van der Waals surface area contributed by atoms with Crippen LogP contribution >= 0.6 is 0 Å². The molecule has 0 fully saturated rings. The summed E-state index contributed by atoms with van der Waals surface area (Å²) in [5.41, 5.74) is 0.984. The lowest BCUT2D eigenvalue weighted by Crippen LogP contribution is -2.31. The topological polar surface area (TPSA) is 69.6 Å². The number of rotatable bonds is 6. The van der Waals surface area contributed by atoms with Crippen LogP contribution in [0.2, 0.25) is 0 Å². The Balaban J connectivity index is 2.88. The van der Waals surface area contributed by atoms with Crippen LogP contribution in [0, 0.1) is 0 Å². The van der Waals surface area contributed by atoms with Crippen molar-refractivity contribution in [3.8, 4) is 0 Å². The molecule has 0 spiro atoms. The van der Waals surface area contributed by atoms with Crippen LogP contribution in [0.1, 0.15) is 25.5 Å². The highest BCUT2D eigenvalue weighted by molar-refractivity contribution is 7.89. The number of aliphatic hydroxyl groups is 1. The summed E-state index contributed by atoms with van der Waals surface area (Å²) in [5, 5.41) is 12.2. The molecular weight excluding hydrogens is 264 g/mol. The van der Waals surface area contributed by atoms with E-state index in [4.69, 9.17) is 5.11 Å². The first-order chi connectivity index (χ1) is 8.78. The van der Waals surface area contributed by atoms with Gasteiger partial charge in [0.15, 0.2) is 0 Å². The minimum absolute atomic E-state index is 0.000171. The number of hydrogen-bond donors (Lipinski definition) is 2. The first kappa shape index (κ1) is 16.1. The van der Waals surface area contributed by atoms with Crippen molar-refractivity contribution in [2.45, 2.75) is 30.8 Å². The lowest BCUT2D eigenvalue weighted by molar-refractivity contribution is 0.243. The van der Waals surface area contributed by atoms with Gasteiger partial charge in [-0.25, -0.2) is 12.7 Å². The molecule has 19 heavy (non-hydrogen) atoms. The Morgan fingerprint density at radius 3 is 2.16 bits per heavy atom.